The molecule has 4 aromatic rings. The summed E-state index contributed by atoms with van der Waals surface area (Å²) in [5, 5.41) is 0.532. The first-order valence-electron chi connectivity index (χ1n) is 12.8. The van der Waals surface area contributed by atoms with Crippen molar-refractivity contribution in [2.24, 2.45) is 4.99 Å². The van der Waals surface area contributed by atoms with E-state index in [0.717, 1.165) is 22.4 Å². The molecule has 1 saturated heterocycles. The highest BCUT2D eigenvalue weighted by molar-refractivity contribution is 8.19. The second kappa shape index (κ2) is 11.6. The molecule has 7 nitrogen and oxygen atoms in total. The number of anilines is 1. The topological polar surface area (TPSA) is 85.3 Å². The van der Waals surface area contributed by atoms with E-state index in [1.807, 2.05) is 69.3 Å². The number of amidine groups is 1. The molecule has 1 aliphatic heterocycles. The van der Waals surface area contributed by atoms with Gasteiger partial charge in [-0.2, -0.15) is 8.42 Å². The van der Waals surface area contributed by atoms with Crippen LogP contribution in [0.1, 0.15) is 22.3 Å². The number of hydrogen-bond acceptors (Lipinski definition) is 7. The summed E-state index contributed by atoms with van der Waals surface area (Å²) in [5.41, 5.74) is 5.23. The third-order valence-corrected chi connectivity index (χ3v) is 8.57. The summed E-state index contributed by atoms with van der Waals surface area (Å²) < 4.78 is 36.5. The molecule has 41 heavy (non-hydrogen) atoms. The fourth-order valence-corrected chi connectivity index (χ4v) is 6.01. The van der Waals surface area contributed by atoms with Crippen molar-refractivity contribution in [2.75, 3.05) is 12.0 Å². The van der Waals surface area contributed by atoms with Crippen molar-refractivity contribution >= 4 is 50.4 Å². The van der Waals surface area contributed by atoms with Gasteiger partial charge in [0.05, 0.1) is 23.4 Å². The van der Waals surface area contributed by atoms with E-state index in [1.165, 1.54) is 37.1 Å². The summed E-state index contributed by atoms with van der Waals surface area (Å²) in [4.78, 5) is 20.5. The molecule has 9 heteroatoms. The molecule has 1 fully saturated rings. The summed E-state index contributed by atoms with van der Waals surface area (Å²) in [5.74, 6) is 0.0453. The number of rotatable bonds is 7. The number of carbonyl (C=O) groups excluding carboxylic acids is 1. The zero-order chi connectivity index (χ0) is 29.1. The number of aryl methyl sites for hydroxylation is 3. The molecule has 0 spiro atoms. The van der Waals surface area contributed by atoms with Crippen molar-refractivity contribution in [2.45, 2.75) is 25.7 Å². The molecule has 1 aliphatic rings. The number of aliphatic imine (C=N–C) groups is 1. The average molecular weight is 585 g/mol. The Kier molecular flexibility index (Phi) is 8.01. The molecule has 1 heterocycles. The minimum Gasteiger partial charge on any atom is -0.493 e. The quantitative estimate of drug-likeness (QED) is 0.169. The van der Waals surface area contributed by atoms with Gasteiger partial charge >= 0.3 is 10.1 Å². The molecule has 0 aliphatic carbocycles. The number of nitrogens with zero attached hydrogens (tertiary/aromatic N) is 2. The maximum absolute atomic E-state index is 13.7. The molecule has 0 saturated carbocycles. The number of ether oxygens (including phenoxy) is 1. The molecule has 4 aromatic carbocycles. The van der Waals surface area contributed by atoms with Gasteiger partial charge in [-0.15, -0.1) is 0 Å². The predicted molar refractivity (Wildman–Crippen MR) is 164 cm³/mol. The lowest BCUT2D eigenvalue weighted by molar-refractivity contribution is -0.113. The average Bonchev–Trinajstić information content (AvgIpc) is 3.25. The van der Waals surface area contributed by atoms with Crippen molar-refractivity contribution < 1.29 is 22.1 Å². The van der Waals surface area contributed by atoms with Gasteiger partial charge in [0.2, 0.25) is 0 Å². The third kappa shape index (κ3) is 6.37. The second-order valence-electron chi connectivity index (χ2n) is 9.58. The highest BCUT2D eigenvalue weighted by atomic mass is 32.2. The molecule has 5 rings (SSSR count). The van der Waals surface area contributed by atoms with Crippen LogP contribution in [0, 0.1) is 20.8 Å². The van der Waals surface area contributed by atoms with Gasteiger partial charge in [-0.1, -0.05) is 59.2 Å². The predicted octanol–water partition coefficient (Wildman–Crippen LogP) is 7.20. The highest BCUT2D eigenvalue weighted by Gasteiger charge is 2.35. The maximum Gasteiger partial charge on any atom is 0.339 e. The van der Waals surface area contributed by atoms with Gasteiger partial charge in [-0.25, -0.2) is 4.99 Å². The molecule has 1 amide bonds. The zero-order valence-corrected chi connectivity index (χ0v) is 24.6. The van der Waals surface area contributed by atoms with Crippen LogP contribution in [0.15, 0.2) is 106 Å². The Balaban J connectivity index is 1.47. The smallest absolute Gasteiger partial charge is 0.339 e. The molecule has 0 N–H and O–H groups in total. The lowest BCUT2D eigenvalue weighted by Crippen LogP contribution is -2.28. The van der Waals surface area contributed by atoms with E-state index in [9.17, 15) is 13.2 Å². The second-order valence-corrected chi connectivity index (χ2v) is 12.1. The first-order chi connectivity index (χ1) is 19.6. The van der Waals surface area contributed by atoms with E-state index in [2.05, 4.69) is 0 Å². The Morgan fingerprint density at radius 2 is 1.37 bits per heavy atom. The van der Waals surface area contributed by atoms with Crippen molar-refractivity contribution in [3.05, 3.63) is 118 Å². The summed E-state index contributed by atoms with van der Waals surface area (Å²) >= 11 is 1.27. The van der Waals surface area contributed by atoms with E-state index in [1.54, 1.807) is 35.2 Å². The Labute approximate surface area is 244 Å². The van der Waals surface area contributed by atoms with Gasteiger partial charge in [-0.05, 0) is 92.7 Å². The fraction of sp³-hybridized carbons (Fsp3) is 0.125. The van der Waals surface area contributed by atoms with Gasteiger partial charge in [0, 0.05) is 0 Å². The fourth-order valence-electron chi connectivity index (χ4n) is 4.07. The van der Waals surface area contributed by atoms with Gasteiger partial charge in [-0.3, -0.25) is 9.69 Å². The summed E-state index contributed by atoms with van der Waals surface area (Å²) in [7, 11) is -2.63. The summed E-state index contributed by atoms with van der Waals surface area (Å²) in [6, 6.07) is 26.7. The van der Waals surface area contributed by atoms with Crippen LogP contribution in [0.4, 0.5) is 11.4 Å². The van der Waals surface area contributed by atoms with Crippen LogP contribution >= 0.6 is 11.8 Å². The lowest BCUT2D eigenvalue weighted by atomic mass is 10.1. The molecule has 208 valence electrons. The summed E-state index contributed by atoms with van der Waals surface area (Å²) in [6.45, 7) is 5.87. The molecular formula is C32H28N2O5S2. The van der Waals surface area contributed by atoms with Crippen LogP contribution in [-0.2, 0) is 14.9 Å². The van der Waals surface area contributed by atoms with Crippen molar-refractivity contribution in [1.29, 1.82) is 0 Å². The molecule has 0 aromatic heterocycles. The van der Waals surface area contributed by atoms with Gasteiger partial charge in [0.15, 0.2) is 16.7 Å². The van der Waals surface area contributed by atoms with Gasteiger partial charge in [0.25, 0.3) is 5.91 Å². The maximum atomic E-state index is 13.7. The van der Waals surface area contributed by atoms with E-state index in [0.29, 0.717) is 21.3 Å². The molecule has 0 unspecified atom stereocenters. The summed E-state index contributed by atoms with van der Waals surface area (Å²) in [6.07, 6.45) is 1.73. The van der Waals surface area contributed by atoms with Crippen LogP contribution in [-0.4, -0.2) is 26.6 Å². The van der Waals surface area contributed by atoms with E-state index < -0.39 is 10.1 Å². The number of thioether (sulfide) groups is 1. The Morgan fingerprint density at radius 1 is 0.780 bits per heavy atom. The molecule has 0 radical (unpaired) electrons. The number of methoxy groups -OCH3 is 1. The van der Waals surface area contributed by atoms with Crippen molar-refractivity contribution in [3.8, 4) is 11.5 Å². The van der Waals surface area contributed by atoms with E-state index >= 15 is 0 Å². The normalized spacial score (nSPS) is 15.5. The van der Waals surface area contributed by atoms with E-state index in [4.69, 9.17) is 13.9 Å². The van der Waals surface area contributed by atoms with Crippen LogP contribution < -0.4 is 13.8 Å². The molecular weight excluding hydrogens is 556 g/mol. The monoisotopic (exact) mass is 584 g/mol. The van der Waals surface area contributed by atoms with Crippen LogP contribution in [0.5, 0.6) is 11.5 Å². The van der Waals surface area contributed by atoms with Gasteiger partial charge in [0.1, 0.15) is 4.90 Å². The van der Waals surface area contributed by atoms with Gasteiger partial charge < -0.3 is 8.92 Å². The minimum absolute atomic E-state index is 0.0425. The van der Waals surface area contributed by atoms with E-state index in [-0.39, 0.29) is 22.3 Å². The first-order valence-corrected chi connectivity index (χ1v) is 15.0. The lowest BCUT2D eigenvalue weighted by Gasteiger charge is -2.16. The largest absolute Gasteiger partial charge is 0.493 e. The number of carbonyl (C=O) groups is 1. The van der Waals surface area contributed by atoms with Crippen molar-refractivity contribution in [1.82, 2.24) is 0 Å². The SMILES string of the molecule is COc1cc(/C=C2\SC(=Nc3ccc(C)cc3)N(c3ccc(C)cc3)C2=O)ccc1OS(=O)(=O)c1ccc(C)cc1. The standard InChI is InChI=1S/C32H28N2O5S2/c1-21-5-12-25(13-6-21)33-32-34(26-14-7-22(2)8-15-26)31(35)30(40-32)20-24-11-18-28(29(19-24)38-4)39-41(36,37)27-16-9-23(3)10-17-27/h5-20H,1-4H3/b30-20-,33-32?. The molecule has 0 bridgehead atoms. The third-order valence-electron chi connectivity index (χ3n) is 6.35. The van der Waals surface area contributed by atoms with Crippen LogP contribution in [0.25, 0.3) is 6.08 Å². The van der Waals surface area contributed by atoms with Crippen LogP contribution in [0.2, 0.25) is 0 Å². The number of amides is 1. The number of benzene rings is 4. The van der Waals surface area contributed by atoms with Crippen LogP contribution in [0.3, 0.4) is 0 Å². The highest BCUT2D eigenvalue weighted by Crippen LogP contribution is 2.39. The first kappa shape index (κ1) is 28.2. The Bertz CT molecular complexity index is 1760. The molecule has 0 atom stereocenters. The number of hydrogen-bond donors (Lipinski definition) is 0. The Hall–Kier alpha value is -4.34. The van der Waals surface area contributed by atoms with Crippen molar-refractivity contribution in [3.63, 3.8) is 0 Å². The minimum atomic E-state index is -4.06. The zero-order valence-electron chi connectivity index (χ0n) is 23.0. The Morgan fingerprint density at radius 3 is 1.98 bits per heavy atom.